The number of carboxylic acids is 1. The molecule has 0 saturated heterocycles. The van der Waals surface area contributed by atoms with Gasteiger partial charge in [0.1, 0.15) is 5.75 Å². The second kappa shape index (κ2) is 6.96. The lowest BCUT2D eigenvalue weighted by Crippen LogP contribution is -2.20. The summed E-state index contributed by atoms with van der Waals surface area (Å²) in [7, 11) is 0. The van der Waals surface area contributed by atoms with Crippen molar-refractivity contribution in [2.24, 2.45) is 4.99 Å². The predicted molar refractivity (Wildman–Crippen MR) is 94.8 cm³/mol. The van der Waals surface area contributed by atoms with Gasteiger partial charge in [0.05, 0.1) is 0 Å². The van der Waals surface area contributed by atoms with E-state index < -0.39 is 12.0 Å². The smallest absolute Gasteiger partial charge is 0.328 e. The van der Waals surface area contributed by atoms with Crippen LogP contribution in [-0.2, 0) is 11.2 Å². The second-order valence-corrected chi connectivity index (χ2v) is 5.57. The van der Waals surface area contributed by atoms with Gasteiger partial charge < -0.3 is 10.2 Å². The minimum atomic E-state index is -0.973. The summed E-state index contributed by atoms with van der Waals surface area (Å²) in [6.45, 7) is 0. The van der Waals surface area contributed by atoms with Crippen LogP contribution in [0.5, 0.6) is 5.75 Å². The van der Waals surface area contributed by atoms with Gasteiger partial charge in [-0.2, -0.15) is 0 Å². The Morgan fingerprint density at radius 3 is 2.46 bits per heavy atom. The summed E-state index contributed by atoms with van der Waals surface area (Å²) >= 11 is 0. The van der Waals surface area contributed by atoms with E-state index in [1.165, 1.54) is 0 Å². The van der Waals surface area contributed by atoms with Gasteiger partial charge in [-0.1, -0.05) is 54.6 Å². The number of nitrogens with zero attached hydrogens (tertiary/aromatic N) is 1. The number of aromatic hydroxyl groups is 1. The van der Waals surface area contributed by atoms with Crippen molar-refractivity contribution in [3.8, 4) is 5.75 Å². The van der Waals surface area contributed by atoms with Crippen LogP contribution in [0.3, 0.4) is 0 Å². The highest BCUT2D eigenvalue weighted by atomic mass is 16.4. The standard InChI is InChI=1S/C20H17NO3/c22-17-10-8-14(9-11-17)12-19(20(23)24)21-13-16-6-3-5-15-4-1-2-7-18(15)16/h1-11,13,19,22H,12H2,(H,23,24)/t19-/m0/s1. The van der Waals surface area contributed by atoms with Crippen LogP contribution < -0.4 is 0 Å². The topological polar surface area (TPSA) is 69.9 Å². The van der Waals surface area contributed by atoms with Crippen molar-refractivity contribution in [1.29, 1.82) is 0 Å². The molecule has 4 nitrogen and oxygen atoms in total. The molecule has 3 rings (SSSR count). The van der Waals surface area contributed by atoms with Crippen molar-refractivity contribution in [3.05, 3.63) is 77.9 Å². The Hall–Kier alpha value is -3.14. The van der Waals surface area contributed by atoms with Crippen LogP contribution >= 0.6 is 0 Å². The van der Waals surface area contributed by atoms with Gasteiger partial charge >= 0.3 is 5.97 Å². The summed E-state index contributed by atoms with van der Waals surface area (Å²) in [6.07, 6.45) is 1.90. The molecule has 0 unspecified atom stereocenters. The summed E-state index contributed by atoms with van der Waals surface area (Å²) in [5.41, 5.74) is 1.71. The highest BCUT2D eigenvalue weighted by Gasteiger charge is 2.16. The maximum atomic E-state index is 11.5. The van der Waals surface area contributed by atoms with E-state index in [9.17, 15) is 15.0 Å². The summed E-state index contributed by atoms with van der Waals surface area (Å²) in [4.78, 5) is 15.8. The number of hydrogen-bond acceptors (Lipinski definition) is 3. The van der Waals surface area contributed by atoms with Gasteiger partial charge in [-0.05, 0) is 28.5 Å². The Kier molecular flexibility index (Phi) is 4.57. The SMILES string of the molecule is O=C(O)[C@H](Cc1ccc(O)cc1)N=Cc1cccc2ccccc12. The largest absolute Gasteiger partial charge is 0.508 e. The molecule has 0 amide bonds. The Labute approximate surface area is 139 Å². The van der Waals surface area contributed by atoms with Crippen molar-refractivity contribution in [2.75, 3.05) is 0 Å². The van der Waals surface area contributed by atoms with Gasteiger partial charge in [0, 0.05) is 18.2 Å². The number of benzene rings is 3. The Balaban J connectivity index is 1.85. The van der Waals surface area contributed by atoms with Crippen LogP contribution in [-0.4, -0.2) is 28.4 Å². The molecule has 0 heterocycles. The highest BCUT2D eigenvalue weighted by molar-refractivity contribution is 6.00. The molecule has 3 aromatic rings. The number of aliphatic carboxylic acids is 1. The van der Waals surface area contributed by atoms with Crippen molar-refractivity contribution in [2.45, 2.75) is 12.5 Å². The fourth-order valence-electron chi connectivity index (χ4n) is 2.59. The van der Waals surface area contributed by atoms with Crippen LogP contribution in [0.4, 0.5) is 0 Å². The van der Waals surface area contributed by atoms with Crippen molar-refractivity contribution < 1.29 is 15.0 Å². The molecule has 120 valence electrons. The lowest BCUT2D eigenvalue weighted by molar-refractivity contribution is -0.138. The number of phenols is 1. The van der Waals surface area contributed by atoms with E-state index in [1.807, 2.05) is 42.5 Å². The van der Waals surface area contributed by atoms with Crippen LogP contribution in [0.2, 0.25) is 0 Å². The molecule has 0 saturated carbocycles. The predicted octanol–water partition coefficient (Wildman–Crippen LogP) is 3.66. The van der Waals surface area contributed by atoms with Gasteiger partial charge in [0.15, 0.2) is 6.04 Å². The molecule has 2 N–H and O–H groups in total. The number of hydrogen-bond donors (Lipinski definition) is 2. The maximum absolute atomic E-state index is 11.5. The first-order chi connectivity index (χ1) is 11.6. The van der Waals surface area contributed by atoms with E-state index in [0.717, 1.165) is 21.9 Å². The van der Waals surface area contributed by atoms with Crippen molar-refractivity contribution >= 4 is 23.0 Å². The zero-order chi connectivity index (χ0) is 16.9. The van der Waals surface area contributed by atoms with E-state index in [2.05, 4.69) is 4.99 Å². The van der Waals surface area contributed by atoms with E-state index >= 15 is 0 Å². The molecule has 0 spiro atoms. The molecular formula is C20H17NO3. The number of fused-ring (bicyclic) bond motifs is 1. The average molecular weight is 319 g/mol. The van der Waals surface area contributed by atoms with Crippen LogP contribution in [0.15, 0.2) is 71.7 Å². The third kappa shape index (κ3) is 3.60. The van der Waals surface area contributed by atoms with Gasteiger partial charge in [0.25, 0.3) is 0 Å². The van der Waals surface area contributed by atoms with Gasteiger partial charge in [-0.3, -0.25) is 4.99 Å². The van der Waals surface area contributed by atoms with Gasteiger partial charge in [0.2, 0.25) is 0 Å². The van der Waals surface area contributed by atoms with Crippen LogP contribution in [0, 0.1) is 0 Å². The molecule has 0 aliphatic heterocycles. The van der Waals surface area contributed by atoms with Crippen molar-refractivity contribution in [1.82, 2.24) is 0 Å². The zero-order valence-corrected chi connectivity index (χ0v) is 13.0. The molecular weight excluding hydrogens is 302 g/mol. The molecule has 0 fully saturated rings. The highest BCUT2D eigenvalue weighted by Crippen LogP contribution is 2.18. The first-order valence-electron chi connectivity index (χ1n) is 7.65. The summed E-state index contributed by atoms with van der Waals surface area (Å²) in [6, 6.07) is 19.4. The molecule has 0 aromatic heterocycles. The molecule has 1 atom stereocenters. The Bertz CT molecular complexity index is 880. The summed E-state index contributed by atoms with van der Waals surface area (Å²) in [5, 5.41) is 20.9. The molecule has 4 heteroatoms. The third-order valence-electron chi connectivity index (χ3n) is 3.87. The van der Waals surface area contributed by atoms with E-state index in [4.69, 9.17) is 0 Å². The number of aliphatic imine (C=N–C) groups is 1. The number of carboxylic acid groups (broad SMARTS) is 1. The minimum Gasteiger partial charge on any atom is -0.508 e. The summed E-state index contributed by atoms with van der Waals surface area (Å²) < 4.78 is 0. The molecule has 0 aliphatic carbocycles. The molecule has 24 heavy (non-hydrogen) atoms. The number of phenolic OH excluding ortho intramolecular Hbond substituents is 1. The van der Waals surface area contributed by atoms with E-state index in [-0.39, 0.29) is 12.2 Å². The quantitative estimate of drug-likeness (QED) is 0.705. The van der Waals surface area contributed by atoms with Gasteiger partial charge in [-0.25, -0.2) is 4.79 Å². The molecule has 3 aromatic carbocycles. The normalized spacial score (nSPS) is 12.5. The first-order valence-corrected chi connectivity index (χ1v) is 7.65. The monoisotopic (exact) mass is 319 g/mol. The van der Waals surface area contributed by atoms with Crippen LogP contribution in [0.1, 0.15) is 11.1 Å². The summed E-state index contributed by atoms with van der Waals surface area (Å²) in [5.74, 6) is -0.815. The number of rotatable bonds is 5. The zero-order valence-electron chi connectivity index (χ0n) is 13.0. The Morgan fingerprint density at radius 2 is 1.71 bits per heavy atom. The average Bonchev–Trinajstić information content (AvgIpc) is 2.60. The van der Waals surface area contributed by atoms with Gasteiger partial charge in [-0.15, -0.1) is 0 Å². The lowest BCUT2D eigenvalue weighted by atomic mass is 10.0. The fraction of sp³-hybridized carbons (Fsp3) is 0.100. The Morgan fingerprint density at radius 1 is 1.00 bits per heavy atom. The maximum Gasteiger partial charge on any atom is 0.328 e. The fourth-order valence-corrected chi connectivity index (χ4v) is 2.59. The van der Waals surface area contributed by atoms with Crippen molar-refractivity contribution in [3.63, 3.8) is 0 Å². The molecule has 0 bridgehead atoms. The third-order valence-corrected chi connectivity index (χ3v) is 3.87. The molecule has 0 radical (unpaired) electrons. The lowest BCUT2D eigenvalue weighted by Gasteiger charge is -2.08. The van der Waals surface area contributed by atoms with Crippen LogP contribution in [0.25, 0.3) is 10.8 Å². The number of carbonyl (C=O) groups is 1. The molecule has 0 aliphatic rings. The second-order valence-electron chi connectivity index (χ2n) is 5.57. The minimum absolute atomic E-state index is 0.157. The van der Waals surface area contributed by atoms with E-state index in [1.54, 1.807) is 30.5 Å². The first kappa shape index (κ1) is 15.7. The van der Waals surface area contributed by atoms with E-state index in [0.29, 0.717) is 0 Å².